The predicted octanol–water partition coefficient (Wildman–Crippen LogP) is 1.15. The Morgan fingerprint density at radius 2 is 2.17 bits per heavy atom. The van der Waals surface area contributed by atoms with Gasteiger partial charge in [0, 0.05) is 71.6 Å². The lowest BCUT2D eigenvalue weighted by atomic mass is 10.2. The zero-order valence-corrected chi connectivity index (χ0v) is 11.9. The molecule has 0 amide bonds. The molecule has 1 fully saturated rings. The van der Waals surface area contributed by atoms with Crippen molar-refractivity contribution in [1.82, 2.24) is 10.3 Å². The monoisotopic (exact) mass is 267 g/mol. The number of aromatic nitrogens is 1. The summed E-state index contributed by atoms with van der Waals surface area (Å²) in [7, 11) is -0.625. The van der Waals surface area contributed by atoms with Crippen LogP contribution in [0, 0.1) is 0 Å². The van der Waals surface area contributed by atoms with Crippen LogP contribution in [-0.2, 0) is 17.3 Å². The second-order valence-electron chi connectivity index (χ2n) is 4.88. The molecule has 2 rings (SSSR count). The summed E-state index contributed by atoms with van der Waals surface area (Å²) in [5.74, 6) is 1.55. The summed E-state index contributed by atoms with van der Waals surface area (Å²) in [6.07, 6.45) is 3.76. The maximum atomic E-state index is 11.4. The van der Waals surface area contributed by atoms with E-state index in [-0.39, 0.29) is 0 Å². The highest BCUT2D eigenvalue weighted by atomic mass is 32.2. The molecule has 0 unspecified atom stereocenters. The first-order valence-electron chi connectivity index (χ1n) is 6.43. The molecule has 0 bridgehead atoms. The van der Waals surface area contributed by atoms with Crippen LogP contribution in [0.4, 0.5) is 5.69 Å². The van der Waals surface area contributed by atoms with Crippen molar-refractivity contribution in [2.75, 3.05) is 29.5 Å². The third-order valence-corrected chi connectivity index (χ3v) is 4.37. The van der Waals surface area contributed by atoms with E-state index in [1.165, 1.54) is 11.3 Å². The Morgan fingerprint density at radius 1 is 1.44 bits per heavy atom. The molecule has 1 aromatic rings. The summed E-state index contributed by atoms with van der Waals surface area (Å²) in [6.45, 7) is 6.87. The first-order valence-corrected chi connectivity index (χ1v) is 7.92. The zero-order chi connectivity index (χ0) is 13.0. The van der Waals surface area contributed by atoms with E-state index in [1.807, 2.05) is 12.4 Å². The van der Waals surface area contributed by atoms with Gasteiger partial charge in [0.15, 0.2) is 0 Å². The van der Waals surface area contributed by atoms with Gasteiger partial charge in [0.2, 0.25) is 0 Å². The van der Waals surface area contributed by atoms with Crippen LogP contribution in [0.1, 0.15) is 19.4 Å². The Hall–Kier alpha value is -0.940. The van der Waals surface area contributed by atoms with Gasteiger partial charge in [-0.1, -0.05) is 13.8 Å². The van der Waals surface area contributed by atoms with Crippen molar-refractivity contribution in [1.29, 1.82) is 0 Å². The zero-order valence-electron chi connectivity index (χ0n) is 11.1. The van der Waals surface area contributed by atoms with E-state index in [0.29, 0.717) is 6.04 Å². The van der Waals surface area contributed by atoms with Crippen LogP contribution in [0.2, 0.25) is 0 Å². The molecule has 100 valence electrons. The fourth-order valence-electron chi connectivity index (χ4n) is 2.06. The van der Waals surface area contributed by atoms with Crippen molar-refractivity contribution < 1.29 is 4.21 Å². The Kier molecular flexibility index (Phi) is 4.72. The lowest BCUT2D eigenvalue weighted by Gasteiger charge is -2.30. The number of nitrogens with zero attached hydrogens (tertiary/aromatic N) is 2. The highest BCUT2D eigenvalue weighted by Gasteiger charge is 2.17. The fraction of sp³-hybridized carbons (Fsp3) is 0.615. The lowest BCUT2D eigenvalue weighted by molar-refractivity contribution is 0.587. The third kappa shape index (κ3) is 3.53. The topological polar surface area (TPSA) is 45.2 Å². The van der Waals surface area contributed by atoms with Gasteiger partial charge in [-0.3, -0.25) is 9.19 Å². The molecule has 1 saturated heterocycles. The van der Waals surface area contributed by atoms with Gasteiger partial charge in [-0.25, -0.2) is 0 Å². The molecule has 18 heavy (non-hydrogen) atoms. The largest absolute Gasteiger partial charge is 0.369 e. The molecular formula is C13H21N3OS. The minimum absolute atomic E-state index is 0.465. The molecule has 1 aromatic heterocycles. The molecule has 0 saturated carbocycles. The van der Waals surface area contributed by atoms with E-state index in [9.17, 15) is 4.21 Å². The average Bonchev–Trinajstić information content (AvgIpc) is 2.38. The number of pyridine rings is 1. The highest BCUT2D eigenvalue weighted by Crippen LogP contribution is 2.20. The first kappa shape index (κ1) is 13.5. The van der Waals surface area contributed by atoms with Gasteiger partial charge in [-0.05, 0) is 6.07 Å². The van der Waals surface area contributed by atoms with Crippen LogP contribution < -0.4 is 10.2 Å². The summed E-state index contributed by atoms with van der Waals surface area (Å²) in [4.78, 5) is 6.53. The number of rotatable bonds is 4. The summed E-state index contributed by atoms with van der Waals surface area (Å²) < 4.78 is 11.4. The predicted molar refractivity (Wildman–Crippen MR) is 76.3 cm³/mol. The third-order valence-electron chi connectivity index (χ3n) is 3.10. The molecule has 1 N–H and O–H groups in total. The summed E-state index contributed by atoms with van der Waals surface area (Å²) in [5, 5.41) is 3.42. The smallest absolute Gasteiger partial charge is 0.0443 e. The lowest BCUT2D eigenvalue weighted by Crippen LogP contribution is -2.38. The fourth-order valence-corrected chi connectivity index (χ4v) is 3.11. The highest BCUT2D eigenvalue weighted by molar-refractivity contribution is 7.85. The van der Waals surface area contributed by atoms with Crippen LogP contribution >= 0.6 is 0 Å². The minimum atomic E-state index is -0.625. The quantitative estimate of drug-likeness (QED) is 0.889. The molecule has 4 nitrogen and oxygen atoms in total. The molecule has 5 heteroatoms. The minimum Gasteiger partial charge on any atom is -0.369 e. The van der Waals surface area contributed by atoms with Crippen molar-refractivity contribution in [2.24, 2.45) is 0 Å². The molecule has 1 aliphatic heterocycles. The second-order valence-corrected chi connectivity index (χ2v) is 6.57. The molecule has 2 heterocycles. The van der Waals surface area contributed by atoms with E-state index in [2.05, 4.69) is 35.1 Å². The van der Waals surface area contributed by atoms with Gasteiger partial charge in [-0.2, -0.15) is 0 Å². The maximum absolute atomic E-state index is 11.4. The van der Waals surface area contributed by atoms with E-state index < -0.39 is 10.8 Å². The molecule has 0 aromatic carbocycles. The van der Waals surface area contributed by atoms with Crippen molar-refractivity contribution in [3.05, 3.63) is 24.0 Å². The molecule has 0 radical (unpaired) electrons. The van der Waals surface area contributed by atoms with Gasteiger partial charge in [0.1, 0.15) is 0 Å². The standard InChI is InChI=1S/C13H21N3OS/c1-11(2)15-10-12-9-14-4-3-13(12)16-5-7-18(17)8-6-16/h3-4,9,11,15H,5-8,10H2,1-2H3. The van der Waals surface area contributed by atoms with E-state index in [1.54, 1.807) is 0 Å². The number of anilines is 1. The van der Waals surface area contributed by atoms with E-state index in [4.69, 9.17) is 0 Å². The Labute approximate surface area is 111 Å². The Balaban J connectivity index is 2.09. The first-order chi connectivity index (χ1) is 8.66. The van der Waals surface area contributed by atoms with Crippen molar-refractivity contribution >= 4 is 16.5 Å². The van der Waals surface area contributed by atoms with Crippen LogP contribution in [0.15, 0.2) is 18.5 Å². The summed E-state index contributed by atoms with van der Waals surface area (Å²) >= 11 is 0. The molecular weight excluding hydrogens is 246 g/mol. The van der Waals surface area contributed by atoms with Crippen molar-refractivity contribution in [3.63, 3.8) is 0 Å². The van der Waals surface area contributed by atoms with Crippen LogP contribution in [0.3, 0.4) is 0 Å². The summed E-state index contributed by atoms with van der Waals surface area (Å²) in [6, 6.07) is 2.53. The van der Waals surface area contributed by atoms with Crippen LogP contribution in [-0.4, -0.2) is 39.8 Å². The Bertz CT molecular complexity index is 412. The van der Waals surface area contributed by atoms with Gasteiger partial charge < -0.3 is 10.2 Å². The number of hydrogen-bond acceptors (Lipinski definition) is 4. The average molecular weight is 267 g/mol. The molecule has 0 spiro atoms. The SMILES string of the molecule is CC(C)NCc1cnccc1N1CCS(=O)CC1. The van der Waals surface area contributed by atoms with E-state index >= 15 is 0 Å². The number of nitrogens with one attached hydrogen (secondary N) is 1. The Morgan fingerprint density at radius 3 is 2.83 bits per heavy atom. The molecule has 1 aliphatic rings. The van der Waals surface area contributed by atoms with Gasteiger partial charge in [0.25, 0.3) is 0 Å². The second kappa shape index (κ2) is 6.29. The van der Waals surface area contributed by atoms with Crippen molar-refractivity contribution in [3.8, 4) is 0 Å². The van der Waals surface area contributed by atoms with Crippen LogP contribution in [0.25, 0.3) is 0 Å². The maximum Gasteiger partial charge on any atom is 0.0443 e. The van der Waals surface area contributed by atoms with Crippen molar-refractivity contribution in [2.45, 2.75) is 26.4 Å². The van der Waals surface area contributed by atoms with Gasteiger partial charge in [0.05, 0.1) is 0 Å². The molecule has 0 aliphatic carbocycles. The van der Waals surface area contributed by atoms with Gasteiger partial charge in [-0.15, -0.1) is 0 Å². The normalized spacial score (nSPS) is 17.4. The number of hydrogen-bond donors (Lipinski definition) is 1. The molecule has 0 atom stereocenters. The van der Waals surface area contributed by atoms with Gasteiger partial charge >= 0.3 is 0 Å². The summed E-state index contributed by atoms with van der Waals surface area (Å²) in [5.41, 5.74) is 2.45. The van der Waals surface area contributed by atoms with E-state index in [0.717, 1.165) is 31.1 Å². The van der Waals surface area contributed by atoms with Crippen LogP contribution in [0.5, 0.6) is 0 Å².